The molecule has 6 heteroatoms. The van der Waals surface area contributed by atoms with Gasteiger partial charge in [0.25, 0.3) is 0 Å². The monoisotopic (exact) mass is 305 g/mol. The molecule has 3 aliphatic rings. The maximum absolute atomic E-state index is 6.16. The summed E-state index contributed by atoms with van der Waals surface area (Å²) in [5.41, 5.74) is 0. The van der Waals surface area contributed by atoms with Crippen LogP contribution < -0.4 is 9.64 Å². The first-order chi connectivity index (χ1) is 10.8. The Morgan fingerprint density at radius 3 is 3.05 bits per heavy atom. The number of anilines is 1. The van der Waals surface area contributed by atoms with Crippen LogP contribution in [0.1, 0.15) is 25.7 Å². The second-order valence-corrected chi connectivity index (χ2v) is 6.43. The van der Waals surface area contributed by atoms with Crippen LogP contribution in [0.3, 0.4) is 0 Å². The van der Waals surface area contributed by atoms with E-state index in [0.29, 0.717) is 11.9 Å². The Kier molecular flexibility index (Phi) is 3.88. The van der Waals surface area contributed by atoms with Crippen molar-refractivity contribution in [3.8, 4) is 5.88 Å². The number of rotatable bonds is 5. The summed E-state index contributed by atoms with van der Waals surface area (Å²) < 4.78 is 17.4. The molecule has 1 aliphatic carbocycles. The molecule has 3 heterocycles. The van der Waals surface area contributed by atoms with Crippen molar-refractivity contribution in [2.45, 2.75) is 43.9 Å². The van der Waals surface area contributed by atoms with E-state index >= 15 is 0 Å². The molecular weight excluding hydrogens is 282 g/mol. The van der Waals surface area contributed by atoms with Crippen molar-refractivity contribution >= 4 is 5.82 Å². The first kappa shape index (κ1) is 14.2. The highest BCUT2D eigenvalue weighted by Gasteiger charge is 2.45. The van der Waals surface area contributed by atoms with Gasteiger partial charge in [0, 0.05) is 25.8 Å². The molecule has 0 unspecified atom stereocenters. The van der Waals surface area contributed by atoms with Gasteiger partial charge in [0.05, 0.1) is 13.2 Å². The number of aromatic nitrogens is 2. The lowest BCUT2D eigenvalue weighted by Gasteiger charge is -2.32. The molecule has 4 rings (SSSR count). The molecular formula is C16H23N3O3. The zero-order valence-corrected chi connectivity index (χ0v) is 13.0. The normalized spacial score (nSPS) is 31.1. The Bertz CT molecular complexity index is 523. The van der Waals surface area contributed by atoms with E-state index < -0.39 is 0 Å². The van der Waals surface area contributed by atoms with E-state index in [0.717, 1.165) is 44.3 Å². The molecule has 1 aromatic heterocycles. The van der Waals surface area contributed by atoms with Crippen molar-refractivity contribution in [2.24, 2.45) is 5.92 Å². The number of fused-ring (bicyclic) bond motifs is 1. The van der Waals surface area contributed by atoms with Crippen molar-refractivity contribution < 1.29 is 14.2 Å². The minimum Gasteiger partial charge on any atom is -0.481 e. The Morgan fingerprint density at radius 2 is 2.23 bits per heavy atom. The van der Waals surface area contributed by atoms with Crippen LogP contribution in [0.4, 0.5) is 5.82 Å². The minimum atomic E-state index is 0.145. The highest BCUT2D eigenvalue weighted by atomic mass is 16.5. The van der Waals surface area contributed by atoms with Crippen LogP contribution in [0.5, 0.6) is 5.88 Å². The summed E-state index contributed by atoms with van der Waals surface area (Å²) in [5.74, 6) is 2.28. The fourth-order valence-corrected chi connectivity index (χ4v) is 3.46. The fourth-order valence-electron chi connectivity index (χ4n) is 3.46. The predicted octanol–water partition coefficient (Wildman–Crippen LogP) is 1.65. The van der Waals surface area contributed by atoms with E-state index in [1.165, 1.54) is 12.8 Å². The lowest BCUT2D eigenvalue weighted by molar-refractivity contribution is -0.0753. The first-order valence-electron chi connectivity index (χ1n) is 8.21. The molecule has 22 heavy (non-hydrogen) atoms. The van der Waals surface area contributed by atoms with Gasteiger partial charge in [0.2, 0.25) is 5.88 Å². The Balaban J connectivity index is 1.52. The van der Waals surface area contributed by atoms with Crippen molar-refractivity contribution in [3.63, 3.8) is 0 Å². The van der Waals surface area contributed by atoms with Gasteiger partial charge in [0.1, 0.15) is 24.4 Å². The molecule has 1 aromatic rings. The number of nitrogens with zero attached hydrogens (tertiary/aromatic N) is 3. The summed E-state index contributed by atoms with van der Waals surface area (Å²) in [6.07, 6.45) is 6.71. The van der Waals surface area contributed by atoms with E-state index in [-0.39, 0.29) is 12.2 Å². The minimum absolute atomic E-state index is 0.145. The zero-order chi connectivity index (χ0) is 14.9. The van der Waals surface area contributed by atoms with Gasteiger partial charge >= 0.3 is 0 Å². The molecule has 0 radical (unpaired) electrons. The molecule has 0 bridgehead atoms. The van der Waals surface area contributed by atoms with Crippen LogP contribution >= 0.6 is 0 Å². The molecule has 3 atom stereocenters. The van der Waals surface area contributed by atoms with E-state index in [1.54, 1.807) is 13.4 Å². The lowest BCUT2D eigenvalue weighted by Crippen LogP contribution is -2.42. The van der Waals surface area contributed by atoms with Gasteiger partial charge in [-0.05, 0) is 31.6 Å². The SMILES string of the molecule is COc1cc(N2C[C@@H](OCC3CC3)[C@@H]3OCCC[C@@H]32)ncn1. The smallest absolute Gasteiger partial charge is 0.218 e. The predicted molar refractivity (Wildman–Crippen MR) is 81.2 cm³/mol. The summed E-state index contributed by atoms with van der Waals surface area (Å²) in [6, 6.07) is 2.24. The van der Waals surface area contributed by atoms with Crippen LogP contribution in [-0.4, -0.2) is 55.1 Å². The molecule has 1 saturated carbocycles. The number of ether oxygens (including phenoxy) is 3. The van der Waals surface area contributed by atoms with Crippen LogP contribution in [0, 0.1) is 5.92 Å². The number of hydrogen-bond acceptors (Lipinski definition) is 6. The highest BCUT2D eigenvalue weighted by molar-refractivity contribution is 5.45. The summed E-state index contributed by atoms with van der Waals surface area (Å²) in [7, 11) is 1.63. The topological polar surface area (TPSA) is 56.7 Å². The average Bonchev–Trinajstić information content (AvgIpc) is 3.33. The van der Waals surface area contributed by atoms with Gasteiger partial charge in [-0.1, -0.05) is 0 Å². The number of hydrogen-bond donors (Lipinski definition) is 0. The van der Waals surface area contributed by atoms with Gasteiger partial charge in [-0.2, -0.15) is 0 Å². The molecule has 0 aromatic carbocycles. The summed E-state index contributed by atoms with van der Waals surface area (Å²) in [6.45, 7) is 2.55. The molecule has 2 aliphatic heterocycles. The van der Waals surface area contributed by atoms with Crippen molar-refractivity contribution in [3.05, 3.63) is 12.4 Å². The quantitative estimate of drug-likeness (QED) is 0.824. The van der Waals surface area contributed by atoms with Crippen LogP contribution in [0.25, 0.3) is 0 Å². The lowest BCUT2D eigenvalue weighted by atomic mass is 10.0. The third kappa shape index (κ3) is 2.77. The van der Waals surface area contributed by atoms with Crippen molar-refractivity contribution in [1.82, 2.24) is 9.97 Å². The van der Waals surface area contributed by atoms with Crippen molar-refractivity contribution in [2.75, 3.05) is 31.8 Å². The largest absolute Gasteiger partial charge is 0.481 e. The van der Waals surface area contributed by atoms with E-state index in [1.807, 2.05) is 6.07 Å². The molecule has 6 nitrogen and oxygen atoms in total. The van der Waals surface area contributed by atoms with Crippen LogP contribution in [-0.2, 0) is 9.47 Å². The maximum Gasteiger partial charge on any atom is 0.218 e. The Morgan fingerprint density at radius 1 is 1.32 bits per heavy atom. The maximum atomic E-state index is 6.16. The number of methoxy groups -OCH3 is 1. The third-order valence-corrected chi connectivity index (χ3v) is 4.85. The molecule has 0 spiro atoms. The molecule has 0 N–H and O–H groups in total. The fraction of sp³-hybridized carbons (Fsp3) is 0.750. The van der Waals surface area contributed by atoms with Gasteiger partial charge in [0.15, 0.2) is 0 Å². The highest BCUT2D eigenvalue weighted by Crippen LogP contribution is 2.36. The van der Waals surface area contributed by atoms with Gasteiger partial charge in [-0.3, -0.25) is 0 Å². The van der Waals surface area contributed by atoms with E-state index in [9.17, 15) is 0 Å². The summed E-state index contributed by atoms with van der Waals surface area (Å²) in [4.78, 5) is 10.8. The van der Waals surface area contributed by atoms with Gasteiger partial charge in [-0.25, -0.2) is 9.97 Å². The average molecular weight is 305 g/mol. The molecule has 3 fully saturated rings. The molecule has 120 valence electrons. The second kappa shape index (κ2) is 6.01. The van der Waals surface area contributed by atoms with E-state index in [2.05, 4.69) is 14.9 Å². The second-order valence-electron chi connectivity index (χ2n) is 6.43. The molecule has 0 amide bonds. The van der Waals surface area contributed by atoms with E-state index in [4.69, 9.17) is 14.2 Å². The Hall–Kier alpha value is -1.40. The third-order valence-electron chi connectivity index (χ3n) is 4.85. The molecule has 2 saturated heterocycles. The van der Waals surface area contributed by atoms with Gasteiger partial charge < -0.3 is 19.1 Å². The summed E-state index contributed by atoms with van der Waals surface area (Å²) in [5, 5.41) is 0. The van der Waals surface area contributed by atoms with Gasteiger partial charge in [-0.15, -0.1) is 0 Å². The zero-order valence-electron chi connectivity index (χ0n) is 13.0. The Labute approximate surface area is 130 Å². The standard InChI is InChI=1S/C16H23N3O3/c1-20-15-7-14(17-10-18-15)19-8-13(22-9-11-4-5-11)16-12(19)3-2-6-21-16/h7,10-13,16H,2-6,8-9H2,1H3/t12-,13+,16+/m0/s1. The first-order valence-corrected chi connectivity index (χ1v) is 8.21. The van der Waals surface area contributed by atoms with Crippen LogP contribution in [0.15, 0.2) is 12.4 Å². The summed E-state index contributed by atoms with van der Waals surface area (Å²) >= 11 is 0. The van der Waals surface area contributed by atoms with Crippen LogP contribution in [0.2, 0.25) is 0 Å². The van der Waals surface area contributed by atoms with Crippen molar-refractivity contribution in [1.29, 1.82) is 0 Å².